The molecule has 0 aromatic heterocycles. The van der Waals surface area contributed by atoms with E-state index in [1.807, 2.05) is 6.08 Å². The molecule has 3 heteroatoms. The zero-order valence-electron chi connectivity index (χ0n) is 15.0. The van der Waals surface area contributed by atoms with Crippen LogP contribution in [0.1, 0.15) is 54.4 Å². The number of hydrogen-bond donors (Lipinski definition) is 1. The predicted octanol–water partition coefficient (Wildman–Crippen LogP) is 5.31. The summed E-state index contributed by atoms with van der Waals surface area (Å²) < 4.78 is 6.63. The molecule has 2 atom stereocenters. The summed E-state index contributed by atoms with van der Waals surface area (Å²) in [5.74, 6) is 0.452. The Hall–Kier alpha value is -0.383. The van der Waals surface area contributed by atoms with Gasteiger partial charge in [-0.15, -0.1) is 0 Å². The van der Waals surface area contributed by atoms with Crippen molar-refractivity contribution in [1.29, 1.82) is 0 Å². The molecule has 21 heavy (non-hydrogen) atoms. The van der Waals surface area contributed by atoms with Gasteiger partial charge in [-0.25, -0.2) is 0 Å². The summed E-state index contributed by atoms with van der Waals surface area (Å²) in [6.07, 6.45) is 8.69. The molecule has 0 bridgehead atoms. The van der Waals surface area contributed by atoms with Gasteiger partial charge in [0.1, 0.15) is 0 Å². The Labute approximate surface area is 133 Å². The summed E-state index contributed by atoms with van der Waals surface area (Å²) in [6.45, 7) is 13.5. The number of aliphatic hydroxyl groups is 1. The molecule has 0 spiro atoms. The van der Waals surface area contributed by atoms with Crippen LogP contribution < -0.4 is 0 Å². The lowest BCUT2D eigenvalue weighted by molar-refractivity contribution is 0.146. The molecule has 0 saturated heterocycles. The summed E-state index contributed by atoms with van der Waals surface area (Å²) in [5, 5.41) is 8.86. The van der Waals surface area contributed by atoms with E-state index in [4.69, 9.17) is 9.53 Å². The molecule has 0 aromatic carbocycles. The van der Waals surface area contributed by atoms with Gasteiger partial charge in [-0.2, -0.15) is 0 Å². The van der Waals surface area contributed by atoms with Crippen LogP contribution in [0, 0.1) is 5.92 Å². The van der Waals surface area contributed by atoms with E-state index in [-0.39, 0.29) is 6.61 Å². The standard InChI is InChI=1S/C18H36O2Si/c1-7-18(20-21(8-2,9-3)10-4)17(6)13-11-12-16(5)14-15-19/h11,13-14,17-19H,7-10,12,15H2,1-6H3/b13-11+,16-14+/t17-,18-/m0/s1. The van der Waals surface area contributed by atoms with Crippen LogP contribution in [0.15, 0.2) is 23.8 Å². The minimum Gasteiger partial charge on any atom is -0.413 e. The summed E-state index contributed by atoms with van der Waals surface area (Å²) >= 11 is 0. The second-order valence-corrected chi connectivity index (χ2v) is 10.8. The van der Waals surface area contributed by atoms with Gasteiger partial charge in [0.05, 0.1) is 12.7 Å². The normalized spacial score (nSPS) is 16.4. The molecular weight excluding hydrogens is 276 g/mol. The van der Waals surface area contributed by atoms with Gasteiger partial charge in [0, 0.05) is 0 Å². The highest BCUT2D eigenvalue weighted by Gasteiger charge is 2.32. The Morgan fingerprint density at radius 2 is 1.71 bits per heavy atom. The highest BCUT2D eigenvalue weighted by Crippen LogP contribution is 2.27. The van der Waals surface area contributed by atoms with E-state index in [1.165, 1.54) is 23.7 Å². The lowest BCUT2D eigenvalue weighted by atomic mass is 10.0. The van der Waals surface area contributed by atoms with Crippen LogP contribution in [-0.4, -0.2) is 26.1 Å². The lowest BCUT2D eigenvalue weighted by Crippen LogP contribution is -2.41. The molecule has 0 radical (unpaired) electrons. The van der Waals surface area contributed by atoms with E-state index in [9.17, 15) is 0 Å². The van der Waals surface area contributed by atoms with Gasteiger partial charge in [-0.05, 0) is 43.8 Å². The van der Waals surface area contributed by atoms with E-state index in [0.717, 1.165) is 12.8 Å². The molecule has 0 rings (SSSR count). The summed E-state index contributed by atoms with van der Waals surface area (Å²) in [6, 6.07) is 3.64. The van der Waals surface area contributed by atoms with Crippen LogP contribution in [-0.2, 0) is 4.43 Å². The Balaban J connectivity index is 4.65. The zero-order valence-corrected chi connectivity index (χ0v) is 16.0. The van der Waals surface area contributed by atoms with Crippen molar-refractivity contribution in [2.45, 2.75) is 78.6 Å². The average Bonchev–Trinajstić information content (AvgIpc) is 2.49. The number of allylic oxidation sites excluding steroid dienone is 2. The number of rotatable bonds is 11. The van der Waals surface area contributed by atoms with Gasteiger partial charge in [0.15, 0.2) is 8.32 Å². The van der Waals surface area contributed by atoms with Crippen molar-refractivity contribution < 1.29 is 9.53 Å². The Morgan fingerprint density at radius 1 is 1.14 bits per heavy atom. The Kier molecular flexibility index (Phi) is 11.0. The lowest BCUT2D eigenvalue weighted by Gasteiger charge is -2.35. The number of hydrogen-bond acceptors (Lipinski definition) is 2. The van der Waals surface area contributed by atoms with Crippen molar-refractivity contribution in [2.75, 3.05) is 6.61 Å². The van der Waals surface area contributed by atoms with Gasteiger partial charge < -0.3 is 9.53 Å². The molecule has 0 aliphatic carbocycles. The first-order valence-corrected chi connectivity index (χ1v) is 11.1. The molecule has 0 aliphatic rings. The molecule has 0 aromatic rings. The fourth-order valence-electron chi connectivity index (χ4n) is 2.72. The van der Waals surface area contributed by atoms with E-state index in [0.29, 0.717) is 12.0 Å². The molecule has 2 nitrogen and oxygen atoms in total. The number of aliphatic hydroxyl groups excluding tert-OH is 1. The van der Waals surface area contributed by atoms with Crippen molar-refractivity contribution in [3.8, 4) is 0 Å². The third-order valence-electron chi connectivity index (χ3n) is 4.64. The highest BCUT2D eigenvalue weighted by molar-refractivity contribution is 6.73. The Morgan fingerprint density at radius 3 is 2.14 bits per heavy atom. The molecule has 0 unspecified atom stereocenters. The summed E-state index contributed by atoms with van der Waals surface area (Å²) in [7, 11) is -1.52. The SMILES string of the molecule is CC[C@H](O[Si](CC)(CC)CC)[C@@H](C)/C=C/C/C(C)=C/CO. The van der Waals surface area contributed by atoms with Crippen LogP contribution in [0.25, 0.3) is 0 Å². The van der Waals surface area contributed by atoms with Crippen LogP contribution in [0.2, 0.25) is 18.1 Å². The first-order chi connectivity index (χ1) is 9.98. The monoisotopic (exact) mass is 312 g/mol. The highest BCUT2D eigenvalue weighted by atomic mass is 28.4. The van der Waals surface area contributed by atoms with Crippen molar-refractivity contribution in [1.82, 2.24) is 0 Å². The molecule has 124 valence electrons. The van der Waals surface area contributed by atoms with Gasteiger partial charge in [0.25, 0.3) is 0 Å². The molecule has 0 heterocycles. The molecule has 0 amide bonds. The fraction of sp³-hybridized carbons (Fsp3) is 0.778. The third-order valence-corrected chi connectivity index (χ3v) is 9.31. The molecule has 0 fully saturated rings. The molecule has 0 saturated carbocycles. The van der Waals surface area contributed by atoms with Gasteiger partial charge in [-0.3, -0.25) is 0 Å². The van der Waals surface area contributed by atoms with E-state index in [2.05, 4.69) is 53.7 Å². The second-order valence-electron chi connectivity index (χ2n) is 6.03. The zero-order chi connectivity index (χ0) is 16.3. The largest absolute Gasteiger partial charge is 0.413 e. The minimum absolute atomic E-state index is 0.132. The van der Waals surface area contributed by atoms with E-state index in [1.54, 1.807) is 0 Å². The van der Waals surface area contributed by atoms with Crippen molar-refractivity contribution in [3.05, 3.63) is 23.8 Å². The first kappa shape index (κ1) is 20.6. The summed E-state index contributed by atoms with van der Waals surface area (Å²) in [4.78, 5) is 0. The first-order valence-electron chi connectivity index (χ1n) is 8.59. The maximum Gasteiger partial charge on any atom is 0.192 e. The van der Waals surface area contributed by atoms with Crippen LogP contribution in [0.3, 0.4) is 0 Å². The average molecular weight is 313 g/mol. The van der Waals surface area contributed by atoms with E-state index >= 15 is 0 Å². The smallest absolute Gasteiger partial charge is 0.192 e. The third kappa shape index (κ3) is 7.43. The molecular formula is C18H36O2Si. The predicted molar refractivity (Wildman–Crippen MR) is 96.1 cm³/mol. The maximum absolute atomic E-state index is 8.86. The summed E-state index contributed by atoms with van der Waals surface area (Å²) in [5.41, 5.74) is 1.22. The van der Waals surface area contributed by atoms with Crippen LogP contribution in [0.5, 0.6) is 0 Å². The van der Waals surface area contributed by atoms with Crippen molar-refractivity contribution >= 4 is 8.32 Å². The van der Waals surface area contributed by atoms with Gasteiger partial charge in [0.2, 0.25) is 0 Å². The topological polar surface area (TPSA) is 29.5 Å². The van der Waals surface area contributed by atoms with Gasteiger partial charge in [-0.1, -0.05) is 58.4 Å². The second kappa shape index (κ2) is 11.2. The Bertz CT molecular complexity index is 311. The van der Waals surface area contributed by atoms with Crippen LogP contribution in [0.4, 0.5) is 0 Å². The van der Waals surface area contributed by atoms with Crippen molar-refractivity contribution in [2.24, 2.45) is 5.92 Å². The molecule has 1 N–H and O–H groups in total. The quantitative estimate of drug-likeness (QED) is 0.414. The molecule has 0 aliphatic heterocycles. The van der Waals surface area contributed by atoms with Crippen LogP contribution >= 0.6 is 0 Å². The fourth-order valence-corrected chi connectivity index (χ4v) is 5.74. The maximum atomic E-state index is 8.86. The minimum atomic E-state index is -1.52. The van der Waals surface area contributed by atoms with Gasteiger partial charge >= 0.3 is 0 Å². The van der Waals surface area contributed by atoms with E-state index < -0.39 is 8.32 Å². The van der Waals surface area contributed by atoms with Crippen molar-refractivity contribution in [3.63, 3.8) is 0 Å².